The molecule has 7 heteroatoms. The van der Waals surface area contributed by atoms with Gasteiger partial charge < -0.3 is 15.0 Å². The molecule has 1 N–H and O–H groups in total. The Morgan fingerprint density at radius 2 is 2.10 bits per heavy atom. The molecule has 0 atom stereocenters. The van der Waals surface area contributed by atoms with Crippen molar-refractivity contribution in [3.63, 3.8) is 0 Å². The molecule has 1 saturated heterocycles. The fourth-order valence-corrected chi connectivity index (χ4v) is 4.27. The SMILES string of the molecule is COc1ccc2c(N3CCC(C(=O)NCc4cccc(Cl)c4)CC3)c(C#N)cnc2c1. The molecule has 0 bridgehead atoms. The zero-order valence-electron chi connectivity index (χ0n) is 17.3. The van der Waals surface area contributed by atoms with Gasteiger partial charge in [-0.15, -0.1) is 0 Å². The van der Waals surface area contributed by atoms with Crippen molar-refractivity contribution in [2.75, 3.05) is 25.1 Å². The molecule has 1 amide bonds. The highest BCUT2D eigenvalue weighted by Gasteiger charge is 2.27. The average molecular weight is 435 g/mol. The summed E-state index contributed by atoms with van der Waals surface area (Å²) in [6, 6.07) is 15.5. The van der Waals surface area contributed by atoms with Crippen molar-refractivity contribution in [1.29, 1.82) is 5.26 Å². The summed E-state index contributed by atoms with van der Waals surface area (Å²) in [7, 11) is 1.62. The van der Waals surface area contributed by atoms with Gasteiger partial charge in [0.05, 0.1) is 23.9 Å². The van der Waals surface area contributed by atoms with Gasteiger partial charge in [-0.25, -0.2) is 0 Å². The minimum absolute atomic E-state index is 0.0471. The van der Waals surface area contributed by atoms with Crippen LogP contribution < -0.4 is 15.0 Å². The molecule has 1 aliphatic heterocycles. The predicted octanol–water partition coefficient (Wildman–Crippen LogP) is 4.30. The number of ether oxygens (including phenoxy) is 1. The van der Waals surface area contributed by atoms with E-state index in [1.54, 1.807) is 13.3 Å². The van der Waals surface area contributed by atoms with Crippen molar-refractivity contribution < 1.29 is 9.53 Å². The minimum Gasteiger partial charge on any atom is -0.497 e. The van der Waals surface area contributed by atoms with Gasteiger partial charge in [-0.2, -0.15) is 5.26 Å². The first-order valence-electron chi connectivity index (χ1n) is 10.2. The number of pyridine rings is 1. The zero-order valence-corrected chi connectivity index (χ0v) is 18.0. The lowest BCUT2D eigenvalue weighted by atomic mass is 9.94. The van der Waals surface area contributed by atoms with Gasteiger partial charge in [0.2, 0.25) is 5.91 Å². The molecule has 1 fully saturated rings. The molecular formula is C24H23ClN4O2. The third kappa shape index (κ3) is 4.57. The van der Waals surface area contributed by atoms with Crippen LogP contribution in [0.1, 0.15) is 24.0 Å². The summed E-state index contributed by atoms with van der Waals surface area (Å²) in [6.07, 6.45) is 3.07. The van der Waals surface area contributed by atoms with E-state index in [-0.39, 0.29) is 11.8 Å². The number of carbonyl (C=O) groups excluding carboxylic acids is 1. The van der Waals surface area contributed by atoms with Crippen molar-refractivity contribution in [2.45, 2.75) is 19.4 Å². The fraction of sp³-hybridized carbons (Fsp3) is 0.292. The summed E-state index contributed by atoms with van der Waals surface area (Å²) in [6.45, 7) is 1.87. The van der Waals surface area contributed by atoms with E-state index in [0.29, 0.717) is 30.2 Å². The Morgan fingerprint density at radius 3 is 2.81 bits per heavy atom. The lowest BCUT2D eigenvalue weighted by Crippen LogP contribution is -2.40. The Kier molecular flexibility index (Phi) is 6.24. The Hall–Kier alpha value is -3.30. The molecular weight excluding hydrogens is 412 g/mol. The van der Waals surface area contributed by atoms with E-state index in [0.717, 1.165) is 40.7 Å². The number of amides is 1. The maximum absolute atomic E-state index is 12.7. The van der Waals surface area contributed by atoms with E-state index in [1.807, 2.05) is 42.5 Å². The molecule has 2 heterocycles. The standard InChI is InChI=1S/C24H23ClN4O2/c1-31-20-5-6-21-22(12-20)27-15-18(13-26)23(21)29-9-7-17(8-10-29)24(30)28-14-16-3-2-4-19(25)11-16/h2-6,11-12,15,17H,7-10,14H2,1H3,(H,28,30). The molecule has 1 aromatic heterocycles. The summed E-state index contributed by atoms with van der Waals surface area (Å²) in [5.41, 5.74) is 3.19. The summed E-state index contributed by atoms with van der Waals surface area (Å²) in [4.78, 5) is 19.3. The number of fused-ring (bicyclic) bond motifs is 1. The number of hydrogen-bond donors (Lipinski definition) is 1. The quantitative estimate of drug-likeness (QED) is 0.647. The van der Waals surface area contributed by atoms with Crippen molar-refractivity contribution in [3.8, 4) is 11.8 Å². The summed E-state index contributed by atoms with van der Waals surface area (Å²) in [5.74, 6) is 0.740. The highest BCUT2D eigenvalue weighted by atomic mass is 35.5. The van der Waals surface area contributed by atoms with Gasteiger partial charge >= 0.3 is 0 Å². The molecule has 4 rings (SSSR count). The lowest BCUT2D eigenvalue weighted by Gasteiger charge is -2.34. The molecule has 1 aliphatic rings. The van der Waals surface area contributed by atoms with Gasteiger partial charge in [-0.1, -0.05) is 23.7 Å². The first kappa shape index (κ1) is 21.0. The number of methoxy groups -OCH3 is 1. The van der Waals surface area contributed by atoms with E-state index in [1.165, 1.54) is 0 Å². The van der Waals surface area contributed by atoms with Gasteiger partial charge in [-0.3, -0.25) is 9.78 Å². The monoisotopic (exact) mass is 434 g/mol. The highest BCUT2D eigenvalue weighted by Crippen LogP contribution is 2.34. The Bertz CT molecular complexity index is 1150. The highest BCUT2D eigenvalue weighted by molar-refractivity contribution is 6.30. The van der Waals surface area contributed by atoms with E-state index in [9.17, 15) is 10.1 Å². The van der Waals surface area contributed by atoms with Crippen LogP contribution in [0.25, 0.3) is 10.9 Å². The van der Waals surface area contributed by atoms with Crippen LogP contribution in [0, 0.1) is 17.2 Å². The van der Waals surface area contributed by atoms with E-state index in [4.69, 9.17) is 16.3 Å². The van der Waals surface area contributed by atoms with E-state index >= 15 is 0 Å². The molecule has 31 heavy (non-hydrogen) atoms. The normalized spacial score (nSPS) is 14.3. The lowest BCUT2D eigenvalue weighted by molar-refractivity contribution is -0.125. The van der Waals surface area contributed by atoms with Crippen LogP contribution in [0.2, 0.25) is 5.02 Å². The van der Waals surface area contributed by atoms with Crippen LogP contribution in [-0.4, -0.2) is 31.1 Å². The minimum atomic E-state index is -0.0471. The van der Waals surface area contributed by atoms with Gasteiger partial charge in [0.15, 0.2) is 0 Å². The summed E-state index contributed by atoms with van der Waals surface area (Å²) in [5, 5.41) is 14.2. The molecule has 0 saturated carbocycles. The number of hydrogen-bond acceptors (Lipinski definition) is 5. The van der Waals surface area contributed by atoms with Crippen molar-refractivity contribution in [1.82, 2.24) is 10.3 Å². The van der Waals surface area contributed by atoms with Crippen LogP contribution in [0.15, 0.2) is 48.7 Å². The van der Waals surface area contributed by atoms with Crippen LogP contribution in [0.4, 0.5) is 5.69 Å². The van der Waals surface area contributed by atoms with Crippen molar-refractivity contribution in [2.24, 2.45) is 5.92 Å². The Morgan fingerprint density at radius 1 is 1.29 bits per heavy atom. The number of aromatic nitrogens is 1. The number of nitrogens with one attached hydrogen (secondary N) is 1. The second-order valence-corrected chi connectivity index (χ2v) is 8.06. The number of nitrogens with zero attached hydrogens (tertiary/aromatic N) is 3. The van der Waals surface area contributed by atoms with E-state index < -0.39 is 0 Å². The van der Waals surface area contributed by atoms with E-state index in [2.05, 4.69) is 21.3 Å². The third-order valence-electron chi connectivity index (χ3n) is 5.71. The number of nitriles is 1. The maximum Gasteiger partial charge on any atom is 0.223 e. The van der Waals surface area contributed by atoms with Crippen LogP contribution >= 0.6 is 11.6 Å². The average Bonchev–Trinajstić information content (AvgIpc) is 2.81. The Balaban J connectivity index is 1.45. The number of carbonyl (C=O) groups is 1. The fourth-order valence-electron chi connectivity index (χ4n) is 4.05. The molecule has 0 unspecified atom stereocenters. The third-order valence-corrected chi connectivity index (χ3v) is 5.94. The predicted molar refractivity (Wildman–Crippen MR) is 121 cm³/mol. The number of piperidine rings is 1. The molecule has 0 radical (unpaired) electrons. The number of rotatable bonds is 5. The van der Waals surface area contributed by atoms with Crippen molar-refractivity contribution in [3.05, 3.63) is 64.8 Å². The van der Waals surface area contributed by atoms with Gasteiger partial charge in [0.1, 0.15) is 11.8 Å². The van der Waals surface area contributed by atoms with Crippen molar-refractivity contribution >= 4 is 34.1 Å². The molecule has 6 nitrogen and oxygen atoms in total. The Labute approximate surface area is 186 Å². The largest absolute Gasteiger partial charge is 0.497 e. The molecule has 158 valence electrons. The summed E-state index contributed by atoms with van der Waals surface area (Å²) < 4.78 is 5.30. The molecule has 2 aromatic carbocycles. The number of benzene rings is 2. The molecule has 0 aliphatic carbocycles. The summed E-state index contributed by atoms with van der Waals surface area (Å²) >= 11 is 6.01. The van der Waals surface area contributed by atoms with Gasteiger partial charge in [0, 0.05) is 48.2 Å². The van der Waals surface area contributed by atoms with Gasteiger partial charge in [0.25, 0.3) is 0 Å². The topological polar surface area (TPSA) is 78.2 Å². The van der Waals surface area contributed by atoms with Gasteiger partial charge in [-0.05, 0) is 42.7 Å². The maximum atomic E-state index is 12.7. The van der Waals surface area contributed by atoms with Crippen LogP contribution in [0.5, 0.6) is 5.75 Å². The number of halogens is 1. The first-order chi connectivity index (χ1) is 15.1. The zero-order chi connectivity index (χ0) is 21.8. The molecule has 0 spiro atoms. The molecule has 3 aromatic rings. The number of anilines is 1. The van der Waals surface area contributed by atoms with Crippen LogP contribution in [0.3, 0.4) is 0 Å². The van der Waals surface area contributed by atoms with Crippen LogP contribution in [-0.2, 0) is 11.3 Å². The first-order valence-corrected chi connectivity index (χ1v) is 10.6. The second kappa shape index (κ2) is 9.23. The smallest absolute Gasteiger partial charge is 0.223 e. The second-order valence-electron chi connectivity index (χ2n) is 7.62.